The lowest BCUT2D eigenvalue weighted by Gasteiger charge is -2.10. The molecule has 0 aliphatic heterocycles. The van der Waals surface area contributed by atoms with Crippen molar-refractivity contribution in [3.8, 4) is 18.1 Å². The van der Waals surface area contributed by atoms with Gasteiger partial charge in [-0.2, -0.15) is 11.8 Å². The van der Waals surface area contributed by atoms with Gasteiger partial charge < -0.3 is 15.2 Å². The zero-order chi connectivity index (χ0) is 13.8. The van der Waals surface area contributed by atoms with Gasteiger partial charge in [-0.25, -0.2) is 0 Å². The summed E-state index contributed by atoms with van der Waals surface area (Å²) in [7, 11) is 0. The normalized spacial score (nSPS) is 10.1. The Labute approximate surface area is 119 Å². The summed E-state index contributed by atoms with van der Waals surface area (Å²) in [6.45, 7) is 2.30. The van der Waals surface area contributed by atoms with E-state index >= 15 is 0 Å². The molecule has 0 bridgehead atoms. The summed E-state index contributed by atoms with van der Waals surface area (Å²) >= 11 is 1.85. The highest BCUT2D eigenvalue weighted by molar-refractivity contribution is 7.99. The van der Waals surface area contributed by atoms with Gasteiger partial charge in [0.2, 0.25) is 0 Å². The molecule has 104 valence electrons. The smallest absolute Gasteiger partial charge is 0.148 e. The van der Waals surface area contributed by atoms with Crippen LogP contribution in [0.2, 0.25) is 0 Å². The van der Waals surface area contributed by atoms with Crippen molar-refractivity contribution in [1.29, 1.82) is 0 Å². The topological polar surface area (TPSA) is 41.5 Å². The lowest BCUT2D eigenvalue weighted by atomic mass is 10.2. The Morgan fingerprint density at radius 3 is 2.95 bits per heavy atom. The van der Waals surface area contributed by atoms with E-state index in [1.165, 1.54) is 0 Å². The van der Waals surface area contributed by atoms with E-state index in [2.05, 4.69) is 11.2 Å². The number of ether oxygens (including phenoxy) is 1. The van der Waals surface area contributed by atoms with Gasteiger partial charge in [0.05, 0.1) is 0 Å². The molecule has 1 aromatic rings. The molecule has 0 aromatic heterocycles. The second kappa shape index (κ2) is 10.7. The maximum atomic E-state index is 8.66. The fourth-order valence-electron chi connectivity index (χ4n) is 1.55. The van der Waals surface area contributed by atoms with E-state index in [4.69, 9.17) is 16.3 Å². The van der Waals surface area contributed by atoms with Crippen molar-refractivity contribution in [3.05, 3.63) is 29.8 Å². The van der Waals surface area contributed by atoms with Crippen LogP contribution in [0.1, 0.15) is 12.0 Å². The Hall–Kier alpha value is -1.15. The van der Waals surface area contributed by atoms with Crippen LogP contribution in [0, 0.1) is 12.3 Å². The van der Waals surface area contributed by atoms with Crippen molar-refractivity contribution in [2.45, 2.75) is 13.0 Å². The molecule has 2 N–H and O–H groups in total. The Morgan fingerprint density at radius 2 is 2.16 bits per heavy atom. The zero-order valence-electron chi connectivity index (χ0n) is 11.1. The summed E-state index contributed by atoms with van der Waals surface area (Å²) in [6.07, 6.45) is 6.06. The molecule has 0 atom stereocenters. The van der Waals surface area contributed by atoms with Gasteiger partial charge in [0.25, 0.3) is 0 Å². The number of nitrogens with one attached hydrogen (secondary N) is 1. The molecule has 0 amide bonds. The first-order valence-corrected chi connectivity index (χ1v) is 7.57. The van der Waals surface area contributed by atoms with Crippen molar-refractivity contribution in [3.63, 3.8) is 0 Å². The number of rotatable bonds is 10. The standard InChI is InChI=1S/C15H21NO2S/c1-2-10-18-15-7-4-3-6-14(15)13-16-8-12-19-11-5-9-17/h1,3-4,6-7,16-17H,5,8-13H2. The van der Waals surface area contributed by atoms with E-state index in [-0.39, 0.29) is 6.61 Å². The molecule has 1 aromatic carbocycles. The SMILES string of the molecule is C#CCOc1ccccc1CNCCSCCCO. The quantitative estimate of drug-likeness (QED) is 0.507. The van der Waals surface area contributed by atoms with Gasteiger partial charge in [-0.1, -0.05) is 24.1 Å². The van der Waals surface area contributed by atoms with Crippen LogP contribution in [0.15, 0.2) is 24.3 Å². The minimum Gasteiger partial charge on any atom is -0.481 e. The second-order valence-corrected chi connectivity index (χ2v) is 5.19. The van der Waals surface area contributed by atoms with Crippen molar-refractivity contribution < 1.29 is 9.84 Å². The highest BCUT2D eigenvalue weighted by Gasteiger charge is 2.01. The van der Waals surface area contributed by atoms with E-state index in [0.29, 0.717) is 6.61 Å². The van der Waals surface area contributed by atoms with Gasteiger partial charge in [0.1, 0.15) is 12.4 Å². The summed E-state index contributed by atoms with van der Waals surface area (Å²) in [4.78, 5) is 0. The molecule has 0 saturated heterocycles. The minimum atomic E-state index is 0.278. The Kier molecular flexibility index (Phi) is 8.99. The van der Waals surface area contributed by atoms with Crippen LogP contribution in [-0.4, -0.2) is 36.4 Å². The average molecular weight is 279 g/mol. The van der Waals surface area contributed by atoms with Crippen LogP contribution in [-0.2, 0) is 6.54 Å². The lowest BCUT2D eigenvalue weighted by molar-refractivity contribution is 0.296. The van der Waals surface area contributed by atoms with Crippen molar-refractivity contribution in [2.24, 2.45) is 0 Å². The molecule has 3 nitrogen and oxygen atoms in total. The molecule has 0 fully saturated rings. The van der Waals surface area contributed by atoms with E-state index < -0.39 is 0 Å². The van der Waals surface area contributed by atoms with Gasteiger partial charge in [-0.05, 0) is 18.2 Å². The Morgan fingerprint density at radius 1 is 1.32 bits per heavy atom. The molecular formula is C15H21NO2S. The van der Waals surface area contributed by atoms with Gasteiger partial charge in [-0.3, -0.25) is 0 Å². The number of aliphatic hydroxyl groups excluding tert-OH is 1. The Bertz CT molecular complexity index is 390. The van der Waals surface area contributed by atoms with Crippen molar-refractivity contribution >= 4 is 11.8 Å². The van der Waals surface area contributed by atoms with Crippen LogP contribution in [0.3, 0.4) is 0 Å². The molecule has 0 saturated carbocycles. The van der Waals surface area contributed by atoms with Crippen LogP contribution >= 0.6 is 11.8 Å². The predicted octanol–water partition coefficient (Wildman–Crippen LogP) is 1.90. The third kappa shape index (κ3) is 7.12. The molecule has 0 radical (unpaired) electrons. The summed E-state index contributed by atoms with van der Waals surface area (Å²) in [5, 5.41) is 12.0. The van der Waals surface area contributed by atoms with Crippen LogP contribution in [0.5, 0.6) is 5.75 Å². The fourth-order valence-corrected chi connectivity index (χ4v) is 2.37. The maximum Gasteiger partial charge on any atom is 0.148 e. The summed E-state index contributed by atoms with van der Waals surface area (Å²) in [5.74, 6) is 5.38. The first-order chi connectivity index (χ1) is 9.38. The number of hydrogen-bond acceptors (Lipinski definition) is 4. The zero-order valence-corrected chi connectivity index (χ0v) is 11.9. The molecule has 0 unspecified atom stereocenters. The number of thioether (sulfide) groups is 1. The van der Waals surface area contributed by atoms with E-state index in [1.807, 2.05) is 36.0 Å². The highest BCUT2D eigenvalue weighted by Crippen LogP contribution is 2.17. The molecule has 1 rings (SSSR count). The van der Waals surface area contributed by atoms with Crippen LogP contribution in [0.4, 0.5) is 0 Å². The van der Waals surface area contributed by atoms with E-state index in [9.17, 15) is 0 Å². The monoisotopic (exact) mass is 279 g/mol. The molecule has 0 aliphatic carbocycles. The second-order valence-electron chi connectivity index (χ2n) is 3.97. The number of hydrogen-bond donors (Lipinski definition) is 2. The number of aliphatic hydroxyl groups is 1. The average Bonchev–Trinajstić information content (AvgIpc) is 2.45. The molecule has 4 heteroatoms. The fraction of sp³-hybridized carbons (Fsp3) is 0.467. The lowest BCUT2D eigenvalue weighted by Crippen LogP contribution is -2.17. The van der Waals surface area contributed by atoms with Gasteiger partial charge in [0, 0.05) is 31.0 Å². The van der Waals surface area contributed by atoms with E-state index in [1.54, 1.807) is 0 Å². The van der Waals surface area contributed by atoms with Gasteiger partial charge in [0.15, 0.2) is 0 Å². The molecule has 0 spiro atoms. The number of benzene rings is 1. The Balaban J connectivity index is 2.23. The summed E-state index contributed by atoms with van der Waals surface area (Å²) in [6, 6.07) is 7.91. The number of terminal acetylenes is 1. The molecule has 0 aliphatic rings. The van der Waals surface area contributed by atoms with Crippen molar-refractivity contribution in [1.82, 2.24) is 5.32 Å². The van der Waals surface area contributed by atoms with Crippen molar-refractivity contribution in [2.75, 3.05) is 31.3 Å². The number of para-hydroxylation sites is 1. The van der Waals surface area contributed by atoms with E-state index in [0.717, 1.165) is 42.3 Å². The minimum absolute atomic E-state index is 0.278. The third-order valence-electron chi connectivity index (χ3n) is 2.47. The molecule has 0 heterocycles. The molecular weight excluding hydrogens is 258 g/mol. The molecule has 19 heavy (non-hydrogen) atoms. The van der Waals surface area contributed by atoms with Crippen LogP contribution < -0.4 is 10.1 Å². The summed E-state index contributed by atoms with van der Waals surface area (Å²) < 4.78 is 5.49. The summed E-state index contributed by atoms with van der Waals surface area (Å²) in [5.41, 5.74) is 1.12. The van der Waals surface area contributed by atoms with Gasteiger partial charge >= 0.3 is 0 Å². The largest absolute Gasteiger partial charge is 0.481 e. The third-order valence-corrected chi connectivity index (χ3v) is 3.54. The first-order valence-electron chi connectivity index (χ1n) is 6.42. The first kappa shape index (κ1) is 15.9. The van der Waals surface area contributed by atoms with Crippen LogP contribution in [0.25, 0.3) is 0 Å². The highest BCUT2D eigenvalue weighted by atomic mass is 32.2. The predicted molar refractivity (Wildman–Crippen MR) is 81.5 cm³/mol. The maximum absolute atomic E-state index is 8.66. The van der Waals surface area contributed by atoms with Gasteiger partial charge in [-0.15, -0.1) is 6.42 Å².